The monoisotopic (exact) mass is 213 g/mol. The van der Waals surface area contributed by atoms with Gasteiger partial charge in [0.1, 0.15) is 10.9 Å². The van der Waals surface area contributed by atoms with Crippen molar-refractivity contribution in [2.75, 3.05) is 5.32 Å². The van der Waals surface area contributed by atoms with E-state index in [0.717, 1.165) is 0 Å². The molecule has 0 aliphatic rings. The number of nitrogens with one attached hydrogen (secondary N) is 1. The van der Waals surface area contributed by atoms with Gasteiger partial charge < -0.3 is 5.32 Å². The highest BCUT2D eigenvalue weighted by molar-refractivity contribution is 7.16. The molecule has 1 heterocycles. The Kier molecular flexibility index (Phi) is 3.29. The van der Waals surface area contributed by atoms with Gasteiger partial charge in [-0.25, -0.2) is 4.98 Å². The van der Waals surface area contributed by atoms with Crippen LogP contribution in [0.1, 0.15) is 11.8 Å². The molecule has 0 radical (unpaired) electrons. The first-order valence-electron chi connectivity index (χ1n) is 3.63. The Morgan fingerprint density at radius 2 is 2.54 bits per heavy atom. The molecule has 0 amide bonds. The summed E-state index contributed by atoms with van der Waals surface area (Å²) >= 11 is 6.92. The Balaban J connectivity index is 2.80. The Labute approximate surface area is 85.7 Å². The van der Waals surface area contributed by atoms with Crippen molar-refractivity contribution >= 4 is 28.1 Å². The number of nitriles is 1. The lowest BCUT2D eigenvalue weighted by molar-refractivity contribution is 0.995. The van der Waals surface area contributed by atoms with Crippen molar-refractivity contribution in [1.29, 1.82) is 5.26 Å². The number of halogens is 1. The maximum atomic E-state index is 8.61. The molecule has 5 heteroatoms. The van der Waals surface area contributed by atoms with E-state index in [0.29, 0.717) is 10.0 Å². The Morgan fingerprint density at radius 3 is 3.00 bits per heavy atom. The Morgan fingerprint density at radius 1 is 1.85 bits per heavy atom. The van der Waals surface area contributed by atoms with Gasteiger partial charge in [0.15, 0.2) is 10.3 Å². The fraction of sp³-hybridized carbons (Fsp3) is 0.250. The van der Waals surface area contributed by atoms with Crippen molar-refractivity contribution in [1.82, 2.24) is 4.98 Å². The van der Waals surface area contributed by atoms with Crippen LogP contribution < -0.4 is 5.32 Å². The van der Waals surface area contributed by atoms with Crippen molar-refractivity contribution in [3.8, 4) is 6.07 Å². The number of rotatable bonds is 3. The summed E-state index contributed by atoms with van der Waals surface area (Å²) in [5, 5.41) is 12.6. The highest BCUT2D eigenvalue weighted by Gasteiger charge is 2.08. The van der Waals surface area contributed by atoms with Crippen molar-refractivity contribution in [3.63, 3.8) is 0 Å². The van der Waals surface area contributed by atoms with E-state index in [-0.39, 0.29) is 11.2 Å². The van der Waals surface area contributed by atoms with Gasteiger partial charge in [0.25, 0.3) is 0 Å². The average molecular weight is 214 g/mol. The maximum absolute atomic E-state index is 8.61. The summed E-state index contributed by atoms with van der Waals surface area (Å²) in [6.45, 7) is 5.56. The molecule has 0 aromatic carbocycles. The molecule has 1 unspecified atom stereocenters. The van der Waals surface area contributed by atoms with Crippen LogP contribution in [0.25, 0.3) is 0 Å². The van der Waals surface area contributed by atoms with Gasteiger partial charge in [0.05, 0.1) is 0 Å². The van der Waals surface area contributed by atoms with Crippen LogP contribution in [0.3, 0.4) is 0 Å². The van der Waals surface area contributed by atoms with E-state index in [1.807, 2.05) is 13.0 Å². The van der Waals surface area contributed by atoms with Gasteiger partial charge in [0.2, 0.25) is 0 Å². The van der Waals surface area contributed by atoms with Crippen LogP contribution >= 0.6 is 22.9 Å². The molecule has 1 rings (SSSR count). The predicted molar refractivity (Wildman–Crippen MR) is 55.1 cm³/mol. The van der Waals surface area contributed by atoms with Crippen LogP contribution in [-0.4, -0.2) is 11.0 Å². The molecule has 3 nitrogen and oxygen atoms in total. The second-order valence-electron chi connectivity index (χ2n) is 2.42. The van der Waals surface area contributed by atoms with Gasteiger partial charge in [-0.15, -0.1) is 6.58 Å². The molecule has 1 aromatic rings. The molecule has 0 fully saturated rings. The summed E-state index contributed by atoms with van der Waals surface area (Å²) in [6.07, 6.45) is 1.75. The summed E-state index contributed by atoms with van der Waals surface area (Å²) in [7, 11) is 0. The first-order chi connectivity index (χ1) is 6.17. The summed E-state index contributed by atoms with van der Waals surface area (Å²) < 4.78 is 0. The number of anilines is 1. The van der Waals surface area contributed by atoms with E-state index in [1.54, 1.807) is 6.08 Å². The van der Waals surface area contributed by atoms with E-state index in [2.05, 4.69) is 16.9 Å². The minimum atomic E-state index is 0.119. The van der Waals surface area contributed by atoms with Crippen LogP contribution in [0.15, 0.2) is 12.7 Å². The molecule has 0 spiro atoms. The molecular formula is C8H8ClN3S. The van der Waals surface area contributed by atoms with Gasteiger partial charge in [-0.05, 0) is 6.92 Å². The Bertz CT molecular complexity index is 353. The molecule has 0 saturated heterocycles. The summed E-state index contributed by atoms with van der Waals surface area (Å²) in [5.41, 5.74) is 0. The van der Waals surface area contributed by atoms with Crippen LogP contribution in [0.5, 0.6) is 0 Å². The van der Waals surface area contributed by atoms with Gasteiger partial charge in [-0.2, -0.15) is 5.26 Å². The summed E-state index contributed by atoms with van der Waals surface area (Å²) in [5.74, 6) is 0. The predicted octanol–water partition coefficient (Wildman–Crippen LogP) is 2.65. The van der Waals surface area contributed by atoms with Crippen LogP contribution in [-0.2, 0) is 0 Å². The van der Waals surface area contributed by atoms with Gasteiger partial charge in [0, 0.05) is 6.04 Å². The minimum absolute atomic E-state index is 0.119. The van der Waals surface area contributed by atoms with E-state index in [9.17, 15) is 0 Å². The van der Waals surface area contributed by atoms with E-state index in [4.69, 9.17) is 16.9 Å². The minimum Gasteiger partial charge on any atom is -0.356 e. The lowest BCUT2D eigenvalue weighted by Crippen LogP contribution is -2.10. The molecule has 1 atom stereocenters. The Hall–Kier alpha value is -1.05. The first kappa shape index (κ1) is 10.0. The smallest absolute Gasteiger partial charge is 0.185 e. The zero-order valence-electron chi connectivity index (χ0n) is 7.04. The molecule has 0 bridgehead atoms. The quantitative estimate of drug-likeness (QED) is 0.786. The van der Waals surface area contributed by atoms with Crippen molar-refractivity contribution in [2.45, 2.75) is 13.0 Å². The summed E-state index contributed by atoms with van der Waals surface area (Å²) in [6, 6.07) is 2.08. The van der Waals surface area contributed by atoms with E-state index >= 15 is 0 Å². The molecule has 0 aliphatic heterocycles. The van der Waals surface area contributed by atoms with Crippen LogP contribution in [0.4, 0.5) is 5.13 Å². The normalized spacial score (nSPS) is 11.8. The third-order valence-corrected chi connectivity index (χ3v) is 2.67. The molecule has 0 saturated carbocycles. The topological polar surface area (TPSA) is 48.7 Å². The fourth-order valence-corrected chi connectivity index (χ4v) is 1.73. The van der Waals surface area contributed by atoms with Crippen molar-refractivity contribution < 1.29 is 0 Å². The highest BCUT2D eigenvalue weighted by Crippen LogP contribution is 2.26. The zero-order valence-corrected chi connectivity index (χ0v) is 8.61. The fourth-order valence-electron chi connectivity index (χ4n) is 0.686. The zero-order chi connectivity index (χ0) is 9.84. The van der Waals surface area contributed by atoms with E-state index in [1.165, 1.54) is 11.3 Å². The number of hydrogen-bond acceptors (Lipinski definition) is 4. The van der Waals surface area contributed by atoms with Crippen LogP contribution in [0, 0.1) is 11.3 Å². The lowest BCUT2D eigenvalue weighted by atomic mass is 10.3. The molecule has 0 aliphatic carbocycles. The second kappa shape index (κ2) is 4.26. The third-order valence-electron chi connectivity index (χ3n) is 1.39. The van der Waals surface area contributed by atoms with E-state index < -0.39 is 0 Å². The van der Waals surface area contributed by atoms with Crippen molar-refractivity contribution in [2.24, 2.45) is 0 Å². The highest BCUT2D eigenvalue weighted by atomic mass is 35.5. The number of aromatic nitrogens is 1. The summed E-state index contributed by atoms with van der Waals surface area (Å²) in [4.78, 5) is 4.40. The lowest BCUT2D eigenvalue weighted by Gasteiger charge is -2.05. The molecule has 1 N–H and O–H groups in total. The largest absolute Gasteiger partial charge is 0.356 e. The van der Waals surface area contributed by atoms with Gasteiger partial charge in [-0.1, -0.05) is 29.0 Å². The molecular weight excluding hydrogens is 206 g/mol. The number of thiazole rings is 1. The van der Waals surface area contributed by atoms with Crippen molar-refractivity contribution in [3.05, 3.63) is 22.7 Å². The average Bonchev–Trinajstić information content (AvgIpc) is 2.46. The van der Waals surface area contributed by atoms with Gasteiger partial charge in [-0.3, -0.25) is 0 Å². The van der Waals surface area contributed by atoms with Gasteiger partial charge >= 0.3 is 0 Å². The molecule has 13 heavy (non-hydrogen) atoms. The SMILES string of the molecule is C=CC(C)Nc1nc(Cl)c(C#N)s1. The first-order valence-corrected chi connectivity index (χ1v) is 4.82. The number of hydrogen-bond donors (Lipinski definition) is 1. The second-order valence-corrected chi connectivity index (χ2v) is 3.78. The third kappa shape index (κ3) is 2.44. The number of nitrogens with zero attached hydrogens (tertiary/aromatic N) is 2. The molecule has 1 aromatic heterocycles. The standard InChI is InChI=1S/C8H8ClN3S/c1-3-5(2)11-8-12-7(9)6(4-10)13-8/h3,5H,1H2,2H3,(H,11,12). The maximum Gasteiger partial charge on any atom is 0.185 e. The van der Waals surface area contributed by atoms with Crippen LogP contribution in [0.2, 0.25) is 5.15 Å². The molecule has 68 valence electrons.